The first-order valence-electron chi connectivity index (χ1n) is 8.58. The van der Waals surface area contributed by atoms with Gasteiger partial charge in [-0.3, -0.25) is 0 Å². The summed E-state index contributed by atoms with van der Waals surface area (Å²) in [5.41, 5.74) is 3.04. The normalized spacial score (nSPS) is 16.6. The van der Waals surface area contributed by atoms with Gasteiger partial charge in [-0.15, -0.1) is 0 Å². The lowest BCUT2D eigenvalue weighted by molar-refractivity contribution is 0.256. The van der Waals surface area contributed by atoms with Gasteiger partial charge in [0.15, 0.2) is 23.0 Å². The van der Waals surface area contributed by atoms with Crippen LogP contribution < -0.4 is 14.8 Å². The van der Waals surface area contributed by atoms with Gasteiger partial charge < -0.3 is 25.0 Å². The van der Waals surface area contributed by atoms with E-state index in [0.717, 1.165) is 35.4 Å². The summed E-state index contributed by atoms with van der Waals surface area (Å²) in [6.45, 7) is 5.64. The summed E-state index contributed by atoms with van der Waals surface area (Å²) in [5.74, 6) is 1.68. The highest BCUT2D eigenvalue weighted by atomic mass is 16.5. The van der Waals surface area contributed by atoms with Gasteiger partial charge in [-0.05, 0) is 53.3 Å². The summed E-state index contributed by atoms with van der Waals surface area (Å²) in [7, 11) is 1.63. The molecule has 2 aromatic rings. The topological polar surface area (TPSA) is 71.0 Å². The highest BCUT2D eigenvalue weighted by molar-refractivity contribution is 5.52. The summed E-state index contributed by atoms with van der Waals surface area (Å²) in [6.07, 6.45) is 0.812. The molecule has 0 saturated heterocycles. The van der Waals surface area contributed by atoms with Crippen molar-refractivity contribution in [2.75, 3.05) is 20.3 Å². The van der Waals surface area contributed by atoms with E-state index in [4.69, 9.17) is 9.47 Å². The third-order valence-corrected chi connectivity index (χ3v) is 4.38. The fourth-order valence-corrected chi connectivity index (χ4v) is 3.12. The summed E-state index contributed by atoms with van der Waals surface area (Å²) in [4.78, 5) is 0. The first-order chi connectivity index (χ1) is 12.0. The van der Waals surface area contributed by atoms with E-state index in [1.807, 2.05) is 18.2 Å². The minimum Gasteiger partial charge on any atom is -0.504 e. The Kier molecular flexibility index (Phi) is 5.04. The Morgan fingerprint density at radius 3 is 2.60 bits per heavy atom. The van der Waals surface area contributed by atoms with Gasteiger partial charge in [0.05, 0.1) is 19.8 Å². The van der Waals surface area contributed by atoms with Crippen molar-refractivity contribution in [1.29, 1.82) is 0 Å². The van der Waals surface area contributed by atoms with Gasteiger partial charge in [-0.2, -0.15) is 0 Å². The predicted octanol–water partition coefficient (Wildman–Crippen LogP) is 3.38. The Balaban J connectivity index is 1.94. The van der Waals surface area contributed by atoms with Crippen molar-refractivity contribution in [3.05, 3.63) is 47.0 Å². The molecule has 3 N–H and O–H groups in total. The first-order valence-corrected chi connectivity index (χ1v) is 8.58. The van der Waals surface area contributed by atoms with Crippen LogP contribution in [0, 0.1) is 5.92 Å². The zero-order chi connectivity index (χ0) is 18.0. The van der Waals surface area contributed by atoms with Gasteiger partial charge in [0.25, 0.3) is 0 Å². The molecule has 1 heterocycles. The summed E-state index contributed by atoms with van der Waals surface area (Å²) >= 11 is 0. The van der Waals surface area contributed by atoms with E-state index in [-0.39, 0.29) is 17.5 Å². The number of phenolic OH excluding ortho intramolecular Hbond substituents is 2. The van der Waals surface area contributed by atoms with Gasteiger partial charge in [0, 0.05) is 6.54 Å². The largest absolute Gasteiger partial charge is 0.504 e. The monoisotopic (exact) mass is 343 g/mol. The van der Waals surface area contributed by atoms with E-state index < -0.39 is 0 Å². The molecule has 0 spiro atoms. The molecule has 1 atom stereocenters. The van der Waals surface area contributed by atoms with Gasteiger partial charge in [0.2, 0.25) is 0 Å². The van der Waals surface area contributed by atoms with Crippen LogP contribution in [0.3, 0.4) is 0 Å². The molecule has 1 unspecified atom stereocenters. The number of hydrogen-bond donors (Lipinski definition) is 3. The second-order valence-corrected chi connectivity index (χ2v) is 6.79. The van der Waals surface area contributed by atoms with Crippen LogP contribution in [0.2, 0.25) is 0 Å². The number of hydrogen-bond acceptors (Lipinski definition) is 5. The number of nitrogens with one attached hydrogen (secondary N) is 1. The Morgan fingerprint density at radius 2 is 1.88 bits per heavy atom. The van der Waals surface area contributed by atoms with E-state index >= 15 is 0 Å². The van der Waals surface area contributed by atoms with Crippen molar-refractivity contribution in [1.82, 2.24) is 5.32 Å². The fraction of sp³-hybridized carbons (Fsp3) is 0.400. The van der Waals surface area contributed by atoms with Gasteiger partial charge in [-0.25, -0.2) is 0 Å². The van der Waals surface area contributed by atoms with Gasteiger partial charge in [-0.1, -0.05) is 19.9 Å². The highest BCUT2D eigenvalue weighted by Crippen LogP contribution is 2.38. The van der Waals surface area contributed by atoms with Crippen LogP contribution in [0.5, 0.6) is 23.0 Å². The Bertz CT molecular complexity index is 758. The average molecular weight is 343 g/mol. The molecule has 0 aromatic heterocycles. The Labute approximate surface area is 148 Å². The summed E-state index contributed by atoms with van der Waals surface area (Å²) in [5, 5.41) is 23.1. The average Bonchev–Trinajstić information content (AvgIpc) is 2.60. The minimum absolute atomic E-state index is 0.0664. The molecule has 0 amide bonds. The number of methoxy groups -OCH3 is 1. The van der Waals surface area contributed by atoms with E-state index in [2.05, 4.69) is 19.2 Å². The molecule has 134 valence electrons. The van der Waals surface area contributed by atoms with Crippen LogP contribution in [0.25, 0.3) is 0 Å². The molecule has 25 heavy (non-hydrogen) atoms. The van der Waals surface area contributed by atoms with Gasteiger partial charge >= 0.3 is 0 Å². The lowest BCUT2D eigenvalue weighted by Gasteiger charge is -2.28. The highest BCUT2D eigenvalue weighted by Gasteiger charge is 2.24. The molecule has 2 aromatic carbocycles. The van der Waals surface area contributed by atoms with Crippen molar-refractivity contribution in [2.45, 2.75) is 26.3 Å². The van der Waals surface area contributed by atoms with Crippen molar-refractivity contribution in [3.63, 3.8) is 0 Å². The fourth-order valence-electron chi connectivity index (χ4n) is 3.12. The molecule has 0 saturated carbocycles. The molecule has 5 nitrogen and oxygen atoms in total. The van der Waals surface area contributed by atoms with E-state index in [1.54, 1.807) is 19.2 Å². The van der Waals surface area contributed by atoms with Crippen LogP contribution in [0.4, 0.5) is 0 Å². The van der Waals surface area contributed by atoms with E-state index in [0.29, 0.717) is 18.3 Å². The zero-order valence-electron chi connectivity index (χ0n) is 14.9. The second kappa shape index (κ2) is 7.23. The van der Waals surface area contributed by atoms with Crippen LogP contribution in [0.1, 0.15) is 36.6 Å². The lowest BCUT2D eigenvalue weighted by Crippen LogP contribution is -2.30. The number of ether oxygens (including phenoxy) is 2. The van der Waals surface area contributed by atoms with E-state index in [9.17, 15) is 10.2 Å². The number of aromatic hydroxyl groups is 2. The Hall–Kier alpha value is -2.40. The van der Waals surface area contributed by atoms with Crippen molar-refractivity contribution in [3.8, 4) is 23.0 Å². The van der Waals surface area contributed by atoms with Gasteiger partial charge in [0.1, 0.15) is 0 Å². The van der Waals surface area contributed by atoms with Crippen LogP contribution in [-0.2, 0) is 6.42 Å². The van der Waals surface area contributed by atoms with Crippen LogP contribution in [0.15, 0.2) is 30.3 Å². The molecule has 5 heteroatoms. The number of rotatable bonds is 5. The maximum atomic E-state index is 9.88. The quantitative estimate of drug-likeness (QED) is 0.726. The first kappa shape index (κ1) is 17.4. The van der Waals surface area contributed by atoms with Crippen molar-refractivity contribution < 1.29 is 19.7 Å². The van der Waals surface area contributed by atoms with Crippen molar-refractivity contribution >= 4 is 0 Å². The molecule has 1 aliphatic heterocycles. The number of benzene rings is 2. The molecule has 0 aliphatic carbocycles. The molecule has 0 bridgehead atoms. The molecule has 0 fully saturated rings. The molecular formula is C20H25NO4. The molecular weight excluding hydrogens is 318 g/mol. The van der Waals surface area contributed by atoms with Crippen LogP contribution >= 0.6 is 0 Å². The SMILES string of the molecule is COc1cc(C2NCCc3cc(O)c(O)cc32)ccc1OCC(C)C. The maximum absolute atomic E-state index is 9.88. The summed E-state index contributed by atoms with van der Waals surface area (Å²) < 4.78 is 11.3. The third-order valence-electron chi connectivity index (χ3n) is 4.38. The number of phenols is 2. The second-order valence-electron chi connectivity index (χ2n) is 6.79. The zero-order valence-corrected chi connectivity index (χ0v) is 14.9. The Morgan fingerprint density at radius 1 is 1.12 bits per heavy atom. The minimum atomic E-state index is -0.101. The smallest absolute Gasteiger partial charge is 0.161 e. The lowest BCUT2D eigenvalue weighted by atomic mass is 9.89. The van der Waals surface area contributed by atoms with E-state index in [1.165, 1.54) is 0 Å². The van der Waals surface area contributed by atoms with Crippen molar-refractivity contribution in [2.24, 2.45) is 5.92 Å². The standard InChI is InChI=1S/C20H25NO4/c1-12(2)11-25-18-5-4-14(9-19(18)24-3)20-15-10-17(23)16(22)8-13(15)6-7-21-20/h4-5,8-10,12,20-23H,6-7,11H2,1-3H3. The number of fused-ring (bicyclic) bond motifs is 1. The van der Waals surface area contributed by atoms with Crippen LogP contribution in [-0.4, -0.2) is 30.5 Å². The molecule has 3 rings (SSSR count). The molecule has 1 aliphatic rings. The maximum Gasteiger partial charge on any atom is 0.161 e. The third kappa shape index (κ3) is 3.66. The predicted molar refractivity (Wildman–Crippen MR) is 96.6 cm³/mol. The summed E-state index contributed by atoms with van der Waals surface area (Å²) in [6, 6.07) is 9.12. The molecule has 0 radical (unpaired) electrons.